The van der Waals surface area contributed by atoms with Crippen LogP contribution in [-0.2, 0) is 6.42 Å². The molecule has 1 heterocycles. The summed E-state index contributed by atoms with van der Waals surface area (Å²) in [4.78, 5) is 8.54. The van der Waals surface area contributed by atoms with Crippen molar-refractivity contribution in [2.45, 2.75) is 27.2 Å². The van der Waals surface area contributed by atoms with Crippen molar-refractivity contribution in [1.82, 2.24) is 4.98 Å². The molecule has 0 atom stereocenters. The predicted octanol–water partition coefficient (Wildman–Crippen LogP) is 2.67. The van der Waals surface area contributed by atoms with Gasteiger partial charge >= 0.3 is 0 Å². The van der Waals surface area contributed by atoms with E-state index < -0.39 is 0 Å². The Labute approximate surface area is 73.4 Å². The summed E-state index contributed by atoms with van der Waals surface area (Å²) in [5.41, 5.74) is 2.23. The molecule has 0 saturated carbocycles. The summed E-state index contributed by atoms with van der Waals surface area (Å²) in [5, 5.41) is 0. The third kappa shape index (κ3) is 1.91. The molecule has 0 unspecified atom stereocenters. The Hall–Kier alpha value is -1.18. The lowest BCUT2D eigenvalue weighted by Crippen LogP contribution is -1.87. The van der Waals surface area contributed by atoms with Gasteiger partial charge in [0.25, 0.3) is 0 Å². The maximum Gasteiger partial charge on any atom is 0.154 e. The van der Waals surface area contributed by atoms with E-state index >= 15 is 0 Å². The molecule has 0 aliphatic heterocycles. The van der Waals surface area contributed by atoms with Gasteiger partial charge in [0.2, 0.25) is 0 Å². The van der Waals surface area contributed by atoms with Gasteiger partial charge in [-0.3, -0.25) is 0 Å². The number of pyridine rings is 1. The Balaban J connectivity index is 3.12. The quantitative estimate of drug-likeness (QED) is 0.614. The molecule has 0 aliphatic carbocycles. The standard InChI is InChI=1S/C10H14N2/c1-4-9-7-6-8(3)12-10(9)11-5-2/h5-7H,4H2,1-3H3. The van der Waals surface area contributed by atoms with E-state index in [1.54, 1.807) is 6.21 Å². The highest BCUT2D eigenvalue weighted by molar-refractivity contribution is 5.60. The summed E-state index contributed by atoms with van der Waals surface area (Å²) in [5.74, 6) is 0.861. The van der Waals surface area contributed by atoms with E-state index in [2.05, 4.69) is 23.0 Å². The average molecular weight is 162 g/mol. The second kappa shape index (κ2) is 4.00. The molecule has 1 aromatic heterocycles. The van der Waals surface area contributed by atoms with Crippen molar-refractivity contribution in [1.29, 1.82) is 0 Å². The molecule has 0 fully saturated rings. The lowest BCUT2D eigenvalue weighted by molar-refractivity contribution is 1.07. The van der Waals surface area contributed by atoms with Crippen LogP contribution in [0.4, 0.5) is 5.82 Å². The van der Waals surface area contributed by atoms with Gasteiger partial charge in [0, 0.05) is 11.9 Å². The lowest BCUT2D eigenvalue weighted by atomic mass is 10.2. The molecule has 0 radical (unpaired) electrons. The SMILES string of the molecule is CC=Nc1nc(C)ccc1CC. The van der Waals surface area contributed by atoms with Gasteiger partial charge in [0.15, 0.2) is 5.82 Å². The van der Waals surface area contributed by atoms with Crippen molar-refractivity contribution in [2.75, 3.05) is 0 Å². The fourth-order valence-electron chi connectivity index (χ4n) is 1.08. The first kappa shape index (κ1) is 8.91. The van der Waals surface area contributed by atoms with Crippen molar-refractivity contribution in [3.63, 3.8) is 0 Å². The highest BCUT2D eigenvalue weighted by Gasteiger charge is 1.98. The molecule has 64 valence electrons. The van der Waals surface area contributed by atoms with E-state index in [-0.39, 0.29) is 0 Å². The van der Waals surface area contributed by atoms with Crippen molar-refractivity contribution in [3.8, 4) is 0 Å². The normalized spacial score (nSPS) is 10.9. The first-order valence-electron chi connectivity index (χ1n) is 4.23. The molecule has 0 saturated heterocycles. The first-order valence-corrected chi connectivity index (χ1v) is 4.23. The smallest absolute Gasteiger partial charge is 0.154 e. The van der Waals surface area contributed by atoms with Crippen LogP contribution in [0.3, 0.4) is 0 Å². The Bertz CT molecular complexity index is 290. The van der Waals surface area contributed by atoms with Crippen molar-refractivity contribution >= 4 is 12.0 Å². The summed E-state index contributed by atoms with van der Waals surface area (Å²) >= 11 is 0. The summed E-state index contributed by atoms with van der Waals surface area (Å²) in [6, 6.07) is 4.11. The Morgan fingerprint density at radius 2 is 2.25 bits per heavy atom. The van der Waals surface area contributed by atoms with Gasteiger partial charge in [-0.05, 0) is 31.9 Å². The highest BCUT2D eigenvalue weighted by Crippen LogP contribution is 2.16. The second-order valence-electron chi connectivity index (χ2n) is 2.68. The van der Waals surface area contributed by atoms with E-state index in [9.17, 15) is 0 Å². The van der Waals surface area contributed by atoms with Gasteiger partial charge in [-0.15, -0.1) is 0 Å². The molecule has 2 heteroatoms. The van der Waals surface area contributed by atoms with Crippen LogP contribution < -0.4 is 0 Å². The molecule has 2 nitrogen and oxygen atoms in total. The van der Waals surface area contributed by atoms with Crippen LogP contribution in [0.2, 0.25) is 0 Å². The molecular weight excluding hydrogens is 148 g/mol. The molecule has 0 aliphatic rings. The highest BCUT2D eigenvalue weighted by atomic mass is 14.9. The second-order valence-corrected chi connectivity index (χ2v) is 2.68. The largest absolute Gasteiger partial charge is 0.242 e. The molecule has 1 aromatic rings. The summed E-state index contributed by atoms with van der Waals surface area (Å²) in [6.45, 7) is 6.00. The van der Waals surface area contributed by atoms with E-state index in [0.717, 1.165) is 17.9 Å². The number of hydrogen-bond donors (Lipinski definition) is 0. The van der Waals surface area contributed by atoms with Crippen LogP contribution in [0.15, 0.2) is 17.1 Å². The van der Waals surface area contributed by atoms with Gasteiger partial charge in [0.1, 0.15) is 0 Å². The molecule has 0 aromatic carbocycles. The zero-order valence-corrected chi connectivity index (χ0v) is 7.83. The molecule has 0 amide bonds. The van der Waals surface area contributed by atoms with Crippen LogP contribution in [0.25, 0.3) is 0 Å². The van der Waals surface area contributed by atoms with E-state index in [1.807, 2.05) is 19.9 Å². The molecule has 0 N–H and O–H groups in total. The minimum atomic E-state index is 0.861. The van der Waals surface area contributed by atoms with Crippen molar-refractivity contribution < 1.29 is 0 Å². The van der Waals surface area contributed by atoms with Crippen molar-refractivity contribution in [2.24, 2.45) is 4.99 Å². The van der Waals surface area contributed by atoms with Crippen LogP contribution in [0, 0.1) is 6.92 Å². The predicted molar refractivity (Wildman–Crippen MR) is 52.2 cm³/mol. The fourth-order valence-corrected chi connectivity index (χ4v) is 1.08. The summed E-state index contributed by atoms with van der Waals surface area (Å²) in [7, 11) is 0. The van der Waals surface area contributed by atoms with Crippen LogP contribution in [0.5, 0.6) is 0 Å². The van der Waals surface area contributed by atoms with Crippen LogP contribution >= 0.6 is 0 Å². The third-order valence-electron chi connectivity index (χ3n) is 1.73. The third-order valence-corrected chi connectivity index (χ3v) is 1.73. The number of aliphatic imine (C=N–C) groups is 1. The van der Waals surface area contributed by atoms with Crippen molar-refractivity contribution in [3.05, 3.63) is 23.4 Å². The monoisotopic (exact) mass is 162 g/mol. The first-order chi connectivity index (χ1) is 5.77. The molecule has 0 bridgehead atoms. The van der Waals surface area contributed by atoms with Gasteiger partial charge < -0.3 is 0 Å². The number of nitrogens with zero attached hydrogens (tertiary/aromatic N) is 2. The van der Waals surface area contributed by atoms with E-state index in [0.29, 0.717) is 0 Å². The maximum absolute atomic E-state index is 4.34. The Kier molecular flexibility index (Phi) is 2.97. The maximum atomic E-state index is 4.34. The minimum Gasteiger partial charge on any atom is -0.242 e. The van der Waals surface area contributed by atoms with Gasteiger partial charge in [-0.1, -0.05) is 13.0 Å². The van der Waals surface area contributed by atoms with E-state index in [4.69, 9.17) is 0 Å². The number of aromatic nitrogens is 1. The van der Waals surface area contributed by atoms with Gasteiger partial charge in [0.05, 0.1) is 0 Å². The molecule has 12 heavy (non-hydrogen) atoms. The van der Waals surface area contributed by atoms with Gasteiger partial charge in [-0.2, -0.15) is 0 Å². The minimum absolute atomic E-state index is 0.861. The summed E-state index contributed by atoms with van der Waals surface area (Å²) < 4.78 is 0. The van der Waals surface area contributed by atoms with E-state index in [1.165, 1.54) is 5.56 Å². The number of hydrogen-bond acceptors (Lipinski definition) is 2. The molecule has 1 rings (SSSR count). The Morgan fingerprint density at radius 1 is 1.50 bits per heavy atom. The fraction of sp³-hybridized carbons (Fsp3) is 0.400. The molecular formula is C10H14N2. The molecule has 0 spiro atoms. The van der Waals surface area contributed by atoms with Gasteiger partial charge in [-0.25, -0.2) is 9.98 Å². The topological polar surface area (TPSA) is 25.2 Å². The number of aryl methyl sites for hydroxylation is 2. The zero-order chi connectivity index (χ0) is 8.97. The number of rotatable bonds is 2. The summed E-state index contributed by atoms with van der Waals surface area (Å²) in [6.07, 6.45) is 2.76. The van der Waals surface area contributed by atoms with Crippen LogP contribution in [-0.4, -0.2) is 11.2 Å². The zero-order valence-electron chi connectivity index (χ0n) is 7.83. The lowest BCUT2D eigenvalue weighted by Gasteiger charge is -2.01. The Morgan fingerprint density at radius 3 is 2.83 bits per heavy atom. The van der Waals surface area contributed by atoms with Crippen LogP contribution in [0.1, 0.15) is 25.1 Å². The average Bonchev–Trinajstić information content (AvgIpc) is 2.05.